The molecule has 3 N–H and O–H groups in total. The van der Waals surface area contributed by atoms with Crippen molar-refractivity contribution in [3.05, 3.63) is 58.1 Å². The normalized spacial score (nSPS) is 21.3. The summed E-state index contributed by atoms with van der Waals surface area (Å²) in [6.07, 6.45) is 4.47. The highest BCUT2D eigenvalue weighted by Crippen LogP contribution is 2.38. The van der Waals surface area contributed by atoms with Gasteiger partial charge in [0.1, 0.15) is 15.8 Å². The van der Waals surface area contributed by atoms with Gasteiger partial charge in [0.2, 0.25) is 0 Å². The van der Waals surface area contributed by atoms with E-state index < -0.39 is 38.7 Å². The van der Waals surface area contributed by atoms with Crippen molar-refractivity contribution in [1.29, 1.82) is 0 Å². The predicted octanol–water partition coefficient (Wildman–Crippen LogP) is 4.71. The summed E-state index contributed by atoms with van der Waals surface area (Å²) in [6, 6.07) is 8.06. The number of allylic oxidation sites excluding steroid dienone is 1. The van der Waals surface area contributed by atoms with Gasteiger partial charge in [-0.05, 0) is 62.7 Å². The summed E-state index contributed by atoms with van der Waals surface area (Å²) in [6.45, 7) is 2.25. The van der Waals surface area contributed by atoms with Crippen LogP contribution in [0.5, 0.6) is 5.75 Å². The average molecular weight is 610 g/mol. The molecule has 3 heterocycles. The van der Waals surface area contributed by atoms with Crippen molar-refractivity contribution in [3.8, 4) is 5.75 Å². The Morgan fingerprint density at radius 3 is 2.55 bits per heavy atom. The van der Waals surface area contributed by atoms with Crippen LogP contribution in [-0.2, 0) is 10.0 Å². The number of nitrogens with zero attached hydrogens (tertiary/aromatic N) is 2. The predicted molar refractivity (Wildman–Crippen MR) is 155 cm³/mol. The molecule has 0 bridgehead atoms. The number of likely N-dealkylation sites (tertiary alicyclic amines) is 1. The fourth-order valence-corrected chi connectivity index (χ4v) is 7.72. The third kappa shape index (κ3) is 6.17. The molecule has 0 radical (unpaired) electrons. The average Bonchev–Trinajstić information content (AvgIpc) is 3.37. The summed E-state index contributed by atoms with van der Waals surface area (Å²) < 4.78 is 47.3. The zero-order valence-electron chi connectivity index (χ0n) is 21.7. The first kappa shape index (κ1) is 28.5. The van der Waals surface area contributed by atoms with E-state index in [1.165, 1.54) is 23.1 Å². The monoisotopic (exact) mass is 609 g/mol. The minimum Gasteiger partial charge on any atom is -0.468 e. The number of halogens is 2. The lowest BCUT2D eigenvalue weighted by Gasteiger charge is -2.40. The molecule has 3 amide bonds. The highest BCUT2D eigenvalue weighted by Gasteiger charge is 2.37. The summed E-state index contributed by atoms with van der Waals surface area (Å²) in [5.74, 6) is -0.669. The molecule has 0 spiro atoms. The maximum absolute atomic E-state index is 14.6. The van der Waals surface area contributed by atoms with Gasteiger partial charge < -0.3 is 15.4 Å². The largest absolute Gasteiger partial charge is 0.468 e. The Balaban J connectivity index is 1.35. The number of amides is 3. The second-order valence-corrected chi connectivity index (χ2v) is 13.5. The van der Waals surface area contributed by atoms with E-state index in [-0.39, 0.29) is 15.5 Å². The van der Waals surface area contributed by atoms with Crippen molar-refractivity contribution in [2.45, 2.75) is 36.6 Å². The van der Waals surface area contributed by atoms with Gasteiger partial charge in [-0.15, -0.1) is 11.6 Å². The molecule has 5 rings (SSSR count). The van der Waals surface area contributed by atoms with Gasteiger partial charge in [0.25, 0.3) is 15.9 Å². The SMILES string of the molecule is CNc1cc2c(cc1F)C(=O)N(c1ccc(NC(=O)NS(=O)(=O)C3=CCC(Cl)S3)cc1)C(CN1CCCCC1)O2. The van der Waals surface area contributed by atoms with Gasteiger partial charge in [0.05, 0.1) is 22.5 Å². The molecule has 2 unspecified atom stereocenters. The quantitative estimate of drug-likeness (QED) is 0.386. The fourth-order valence-electron chi connectivity index (χ4n) is 4.85. The van der Waals surface area contributed by atoms with Crippen molar-refractivity contribution < 1.29 is 27.1 Å². The number of rotatable bonds is 7. The van der Waals surface area contributed by atoms with Gasteiger partial charge in [-0.25, -0.2) is 22.3 Å². The number of carbonyl (C=O) groups is 2. The molecule has 214 valence electrons. The Hall–Kier alpha value is -3.00. The molecule has 14 heteroatoms. The molecule has 0 aliphatic carbocycles. The third-order valence-corrected chi connectivity index (χ3v) is 10.2. The first-order valence-corrected chi connectivity index (χ1v) is 15.6. The molecular formula is C26H29ClFN5O5S2. The summed E-state index contributed by atoms with van der Waals surface area (Å²) in [7, 11) is -2.44. The molecule has 40 heavy (non-hydrogen) atoms. The molecule has 1 fully saturated rings. The van der Waals surface area contributed by atoms with E-state index in [1.807, 2.05) is 4.72 Å². The lowest BCUT2D eigenvalue weighted by atomic mass is 10.1. The number of carbonyl (C=O) groups excluding carboxylic acids is 2. The second kappa shape index (κ2) is 11.9. The van der Waals surface area contributed by atoms with Crippen molar-refractivity contribution in [2.24, 2.45) is 0 Å². The van der Waals surface area contributed by atoms with Crippen LogP contribution in [0.15, 0.2) is 46.7 Å². The van der Waals surface area contributed by atoms with Crippen LogP contribution >= 0.6 is 23.4 Å². The number of nitrogens with one attached hydrogen (secondary N) is 3. The Kier molecular flexibility index (Phi) is 8.45. The Morgan fingerprint density at radius 2 is 1.90 bits per heavy atom. The Labute approximate surface area is 241 Å². The molecule has 3 aliphatic rings. The van der Waals surface area contributed by atoms with E-state index in [1.54, 1.807) is 31.3 Å². The molecule has 2 aromatic rings. The van der Waals surface area contributed by atoms with Crippen molar-refractivity contribution in [2.75, 3.05) is 42.2 Å². The van der Waals surface area contributed by atoms with Gasteiger partial charge >= 0.3 is 6.03 Å². The smallest absolute Gasteiger partial charge is 0.333 e. The van der Waals surface area contributed by atoms with Gasteiger partial charge in [-0.2, -0.15) is 0 Å². The van der Waals surface area contributed by atoms with Crippen LogP contribution in [0.1, 0.15) is 36.0 Å². The number of anilines is 3. The van der Waals surface area contributed by atoms with E-state index in [0.29, 0.717) is 30.1 Å². The highest BCUT2D eigenvalue weighted by molar-refractivity contribution is 8.19. The standard InChI is InChI=1S/C26H29ClFN5O5S2/c1-29-20-14-21-18(13-19(20)28)25(34)33(23(38-21)15-32-11-3-2-4-12-32)17-7-5-16(6-8-17)30-26(35)31-40(36,37)24-10-9-22(27)39-24/h5-8,10,13-14,22-23,29H,2-4,9,11-12,15H2,1H3,(H2,30,31,35). The van der Waals surface area contributed by atoms with Crippen LogP contribution < -0.4 is 25.0 Å². The summed E-state index contributed by atoms with van der Waals surface area (Å²) >= 11 is 6.91. The second-order valence-electron chi connectivity index (χ2n) is 9.58. The molecule has 2 atom stereocenters. The number of urea groups is 1. The first-order valence-electron chi connectivity index (χ1n) is 12.8. The van der Waals surface area contributed by atoms with Crippen LogP contribution in [0, 0.1) is 5.82 Å². The van der Waals surface area contributed by atoms with E-state index >= 15 is 0 Å². The van der Waals surface area contributed by atoms with Gasteiger partial charge in [0.15, 0.2) is 6.23 Å². The molecule has 0 aromatic heterocycles. The topological polar surface area (TPSA) is 120 Å². The lowest BCUT2D eigenvalue weighted by Crippen LogP contribution is -2.54. The minimum absolute atomic E-state index is 0.0000807. The van der Waals surface area contributed by atoms with E-state index in [9.17, 15) is 22.4 Å². The molecule has 3 aliphatic heterocycles. The van der Waals surface area contributed by atoms with Crippen molar-refractivity contribution in [3.63, 3.8) is 0 Å². The van der Waals surface area contributed by atoms with Gasteiger partial charge in [-0.3, -0.25) is 14.6 Å². The minimum atomic E-state index is -4.03. The third-order valence-electron chi connectivity index (χ3n) is 6.81. The zero-order valence-corrected chi connectivity index (χ0v) is 24.0. The zero-order chi connectivity index (χ0) is 28.4. The van der Waals surface area contributed by atoms with E-state index in [2.05, 4.69) is 15.5 Å². The van der Waals surface area contributed by atoms with E-state index in [0.717, 1.165) is 44.1 Å². The Bertz CT molecular complexity index is 1430. The molecule has 0 saturated carbocycles. The number of sulfonamides is 1. The summed E-state index contributed by atoms with van der Waals surface area (Å²) in [4.78, 5) is 29.8. The first-order chi connectivity index (χ1) is 19.1. The van der Waals surface area contributed by atoms with Crippen LogP contribution in [0.4, 0.5) is 26.2 Å². The number of thioether (sulfide) groups is 1. The van der Waals surface area contributed by atoms with E-state index in [4.69, 9.17) is 16.3 Å². The molecule has 2 aromatic carbocycles. The highest BCUT2D eigenvalue weighted by atomic mass is 35.5. The van der Waals surface area contributed by atoms with Gasteiger partial charge in [-0.1, -0.05) is 24.3 Å². The van der Waals surface area contributed by atoms with Crippen LogP contribution in [-0.4, -0.2) is 62.9 Å². The maximum atomic E-state index is 14.6. The van der Waals surface area contributed by atoms with Crippen LogP contribution in [0.2, 0.25) is 0 Å². The van der Waals surface area contributed by atoms with Gasteiger partial charge in [0, 0.05) is 24.5 Å². The number of hydrogen-bond acceptors (Lipinski definition) is 8. The van der Waals surface area contributed by atoms with Crippen LogP contribution in [0.25, 0.3) is 0 Å². The molecule has 10 nitrogen and oxygen atoms in total. The number of ether oxygens (including phenoxy) is 1. The number of fused-ring (bicyclic) bond motifs is 1. The number of alkyl halides is 1. The molecule has 1 saturated heterocycles. The molecular weight excluding hydrogens is 581 g/mol. The Morgan fingerprint density at radius 1 is 1.18 bits per heavy atom. The summed E-state index contributed by atoms with van der Waals surface area (Å²) in [5.41, 5.74) is 1.13. The number of piperidine rings is 1. The summed E-state index contributed by atoms with van der Waals surface area (Å²) in [5, 5.41) is 5.26. The maximum Gasteiger partial charge on any atom is 0.333 e. The van der Waals surface area contributed by atoms with Crippen molar-refractivity contribution >= 4 is 62.4 Å². The van der Waals surface area contributed by atoms with Crippen LogP contribution in [0.3, 0.4) is 0 Å². The fraction of sp³-hybridized carbons (Fsp3) is 0.385. The number of benzene rings is 2. The van der Waals surface area contributed by atoms with Crippen molar-refractivity contribution in [1.82, 2.24) is 9.62 Å². The number of hydrogen-bond donors (Lipinski definition) is 3. The lowest BCUT2D eigenvalue weighted by molar-refractivity contribution is 0.0746.